The lowest BCUT2D eigenvalue weighted by Crippen LogP contribution is -2.49. The number of anilines is 3. The lowest BCUT2D eigenvalue weighted by atomic mass is 10.00. The van der Waals surface area contributed by atoms with Crippen LogP contribution < -0.4 is 20.3 Å². The van der Waals surface area contributed by atoms with E-state index >= 15 is 0 Å². The van der Waals surface area contributed by atoms with Gasteiger partial charge in [0.25, 0.3) is 0 Å². The first kappa shape index (κ1) is 22.3. The molecule has 0 aliphatic carbocycles. The number of amides is 1. The molecule has 2 aliphatic rings. The molecule has 0 radical (unpaired) electrons. The third-order valence-electron chi connectivity index (χ3n) is 6.72. The van der Waals surface area contributed by atoms with Crippen LogP contribution in [-0.2, 0) is 17.8 Å². The SMILES string of the molecule is CNC(=O)C1CCCCN1c1cccc2cnc(Nc3cc4c(nc3OC)CCN(C)C4)nc12. The quantitative estimate of drug-likeness (QED) is 0.599. The lowest BCUT2D eigenvalue weighted by Gasteiger charge is -2.36. The molecule has 1 amide bonds. The number of ether oxygens (including phenoxy) is 1. The van der Waals surface area contributed by atoms with E-state index in [0.717, 1.165) is 73.3 Å². The molecule has 1 aromatic carbocycles. The third kappa shape index (κ3) is 4.23. The fourth-order valence-electron chi connectivity index (χ4n) is 4.95. The smallest absolute Gasteiger partial charge is 0.242 e. The number of hydrogen-bond acceptors (Lipinski definition) is 8. The van der Waals surface area contributed by atoms with E-state index in [9.17, 15) is 4.79 Å². The topological polar surface area (TPSA) is 95.5 Å². The van der Waals surface area contributed by atoms with Gasteiger partial charge in [0, 0.05) is 44.7 Å². The van der Waals surface area contributed by atoms with Crippen molar-refractivity contribution in [2.45, 2.75) is 38.3 Å². The Labute approximate surface area is 199 Å². The van der Waals surface area contributed by atoms with E-state index in [1.54, 1.807) is 14.2 Å². The van der Waals surface area contributed by atoms with Crippen molar-refractivity contribution in [1.82, 2.24) is 25.2 Å². The molecule has 2 N–H and O–H groups in total. The molecule has 1 unspecified atom stereocenters. The summed E-state index contributed by atoms with van der Waals surface area (Å²) >= 11 is 0. The number of nitrogens with zero attached hydrogens (tertiary/aromatic N) is 5. The van der Waals surface area contributed by atoms with Crippen LogP contribution >= 0.6 is 0 Å². The normalized spacial score (nSPS) is 18.4. The first-order valence-corrected chi connectivity index (χ1v) is 11.8. The number of rotatable bonds is 5. The molecule has 0 spiro atoms. The predicted molar refractivity (Wildman–Crippen MR) is 133 cm³/mol. The third-order valence-corrected chi connectivity index (χ3v) is 6.72. The number of piperidine rings is 1. The number of methoxy groups -OCH3 is 1. The van der Waals surface area contributed by atoms with Gasteiger partial charge in [-0.3, -0.25) is 4.79 Å². The van der Waals surface area contributed by atoms with Crippen molar-refractivity contribution >= 4 is 34.1 Å². The van der Waals surface area contributed by atoms with Crippen LogP contribution in [0.3, 0.4) is 0 Å². The van der Waals surface area contributed by atoms with E-state index in [1.807, 2.05) is 24.4 Å². The maximum Gasteiger partial charge on any atom is 0.242 e. The van der Waals surface area contributed by atoms with Crippen molar-refractivity contribution in [3.05, 3.63) is 41.7 Å². The molecule has 1 atom stereocenters. The van der Waals surface area contributed by atoms with Gasteiger partial charge in [0.1, 0.15) is 11.7 Å². The van der Waals surface area contributed by atoms with Gasteiger partial charge < -0.3 is 25.2 Å². The summed E-state index contributed by atoms with van der Waals surface area (Å²) in [6.45, 7) is 2.65. The van der Waals surface area contributed by atoms with Gasteiger partial charge in [-0.25, -0.2) is 15.0 Å². The summed E-state index contributed by atoms with van der Waals surface area (Å²) in [7, 11) is 5.44. The number of nitrogens with one attached hydrogen (secondary N) is 2. The Balaban J connectivity index is 1.52. The van der Waals surface area contributed by atoms with Gasteiger partial charge in [-0.1, -0.05) is 12.1 Å². The average molecular weight is 462 g/mol. The Hall–Kier alpha value is -3.46. The van der Waals surface area contributed by atoms with Gasteiger partial charge in [-0.2, -0.15) is 0 Å². The molecule has 9 heteroatoms. The first-order valence-electron chi connectivity index (χ1n) is 11.8. The summed E-state index contributed by atoms with van der Waals surface area (Å²) in [6.07, 6.45) is 5.65. The van der Waals surface area contributed by atoms with E-state index in [2.05, 4.69) is 38.5 Å². The van der Waals surface area contributed by atoms with Crippen molar-refractivity contribution in [2.24, 2.45) is 0 Å². The fourth-order valence-corrected chi connectivity index (χ4v) is 4.95. The number of likely N-dealkylation sites (N-methyl/N-ethyl adjacent to an activating group) is 2. The number of pyridine rings is 1. The van der Waals surface area contributed by atoms with Crippen LogP contribution in [0.15, 0.2) is 30.5 Å². The molecule has 2 aliphatic heterocycles. The highest BCUT2D eigenvalue weighted by molar-refractivity contribution is 5.94. The second-order valence-electron chi connectivity index (χ2n) is 8.99. The number of aromatic nitrogens is 3. The molecule has 9 nitrogen and oxygen atoms in total. The maximum atomic E-state index is 12.6. The summed E-state index contributed by atoms with van der Waals surface area (Å²) in [6, 6.07) is 7.92. The molecule has 5 rings (SSSR count). The number of benzene rings is 1. The summed E-state index contributed by atoms with van der Waals surface area (Å²) in [5, 5.41) is 7.08. The Morgan fingerprint density at radius 2 is 2.09 bits per heavy atom. The maximum absolute atomic E-state index is 12.6. The predicted octanol–water partition coefficient (Wildman–Crippen LogP) is 2.87. The number of para-hydroxylation sites is 1. The summed E-state index contributed by atoms with van der Waals surface area (Å²) in [5.74, 6) is 1.05. The van der Waals surface area contributed by atoms with Crippen molar-refractivity contribution in [3.63, 3.8) is 0 Å². The monoisotopic (exact) mass is 461 g/mol. The van der Waals surface area contributed by atoms with E-state index in [4.69, 9.17) is 14.7 Å². The number of fused-ring (bicyclic) bond motifs is 2. The summed E-state index contributed by atoms with van der Waals surface area (Å²) in [4.78, 5) is 31.2. The highest BCUT2D eigenvalue weighted by atomic mass is 16.5. The Morgan fingerprint density at radius 3 is 2.91 bits per heavy atom. The van der Waals surface area contributed by atoms with Gasteiger partial charge >= 0.3 is 0 Å². The minimum Gasteiger partial charge on any atom is -0.480 e. The highest BCUT2D eigenvalue weighted by Crippen LogP contribution is 2.33. The fraction of sp³-hybridized carbons (Fsp3) is 0.440. The van der Waals surface area contributed by atoms with Crippen molar-refractivity contribution in [2.75, 3.05) is 44.5 Å². The number of hydrogen-bond donors (Lipinski definition) is 2. The molecule has 2 aromatic heterocycles. The highest BCUT2D eigenvalue weighted by Gasteiger charge is 2.29. The standard InChI is InChI=1S/C25H31N7O2/c1-26-23(33)21-8-4-5-11-32(21)20-9-6-7-16-14-27-25(30-22(16)20)29-19-13-17-15-31(2)12-10-18(17)28-24(19)34-3/h6-7,9,13-14,21H,4-5,8,10-12,15H2,1-3H3,(H,26,33)(H,27,29,30). The molecule has 0 bridgehead atoms. The van der Waals surface area contributed by atoms with Crippen molar-refractivity contribution < 1.29 is 9.53 Å². The average Bonchev–Trinajstić information content (AvgIpc) is 2.87. The zero-order valence-corrected chi connectivity index (χ0v) is 20.0. The van der Waals surface area contributed by atoms with Gasteiger partial charge in [-0.15, -0.1) is 0 Å². The Bertz CT molecular complexity index is 1220. The van der Waals surface area contributed by atoms with Gasteiger partial charge in [0.15, 0.2) is 0 Å². The molecule has 0 saturated carbocycles. The minimum absolute atomic E-state index is 0.0407. The van der Waals surface area contributed by atoms with Gasteiger partial charge in [0.2, 0.25) is 17.7 Å². The largest absolute Gasteiger partial charge is 0.480 e. The Morgan fingerprint density at radius 1 is 1.21 bits per heavy atom. The van der Waals surface area contributed by atoms with Crippen LogP contribution in [0.4, 0.5) is 17.3 Å². The van der Waals surface area contributed by atoms with Crippen molar-refractivity contribution in [1.29, 1.82) is 0 Å². The molecule has 178 valence electrons. The van der Waals surface area contributed by atoms with Gasteiger partial charge in [-0.05, 0) is 44.0 Å². The molecule has 3 aromatic rings. The molecule has 1 fully saturated rings. The zero-order chi connectivity index (χ0) is 23.7. The van der Waals surface area contributed by atoms with Crippen LogP contribution in [0.2, 0.25) is 0 Å². The first-order chi connectivity index (χ1) is 16.6. The van der Waals surface area contributed by atoms with E-state index in [1.165, 1.54) is 5.56 Å². The zero-order valence-electron chi connectivity index (χ0n) is 20.0. The van der Waals surface area contributed by atoms with Crippen LogP contribution in [0.25, 0.3) is 10.9 Å². The second kappa shape index (κ2) is 9.42. The van der Waals surface area contributed by atoms with Crippen LogP contribution in [0.5, 0.6) is 5.88 Å². The number of carbonyl (C=O) groups excluding carboxylic acids is 1. The summed E-state index contributed by atoms with van der Waals surface area (Å²) in [5.41, 5.74) is 4.77. The minimum atomic E-state index is -0.197. The lowest BCUT2D eigenvalue weighted by molar-refractivity contribution is -0.122. The molecular formula is C25H31N7O2. The number of carbonyl (C=O) groups is 1. The molecule has 4 heterocycles. The van der Waals surface area contributed by atoms with Crippen LogP contribution in [-0.4, -0.2) is 66.1 Å². The van der Waals surface area contributed by atoms with Crippen molar-refractivity contribution in [3.8, 4) is 5.88 Å². The second-order valence-corrected chi connectivity index (χ2v) is 8.99. The van der Waals surface area contributed by atoms with E-state index in [-0.39, 0.29) is 11.9 Å². The molecular weight excluding hydrogens is 430 g/mol. The van der Waals surface area contributed by atoms with Gasteiger partial charge in [0.05, 0.1) is 24.0 Å². The van der Waals surface area contributed by atoms with Crippen LogP contribution in [0.1, 0.15) is 30.5 Å². The summed E-state index contributed by atoms with van der Waals surface area (Å²) < 4.78 is 5.57. The van der Waals surface area contributed by atoms with E-state index < -0.39 is 0 Å². The van der Waals surface area contributed by atoms with E-state index in [0.29, 0.717) is 11.8 Å². The van der Waals surface area contributed by atoms with Crippen LogP contribution in [0, 0.1) is 0 Å². The molecule has 34 heavy (non-hydrogen) atoms. The molecule has 1 saturated heterocycles. The Kier molecular flexibility index (Phi) is 6.19.